The molecule has 2 aromatic rings. The van der Waals surface area contributed by atoms with Crippen molar-refractivity contribution in [2.45, 2.75) is 25.4 Å². The molecule has 150 valence electrons. The third-order valence-electron chi connectivity index (χ3n) is 5.51. The molecule has 0 aliphatic carbocycles. The highest BCUT2D eigenvalue weighted by Crippen LogP contribution is 2.23. The van der Waals surface area contributed by atoms with Crippen LogP contribution in [0.5, 0.6) is 0 Å². The highest BCUT2D eigenvalue weighted by atomic mass is 35.5. The topological polar surface area (TPSA) is 57.6 Å². The molecule has 2 saturated heterocycles. The van der Waals surface area contributed by atoms with Crippen molar-refractivity contribution < 1.29 is 4.74 Å². The fraction of sp³-hybridized carbons (Fsp3) is 0.550. The van der Waals surface area contributed by atoms with Gasteiger partial charge in [-0.3, -0.25) is 4.90 Å². The number of morpholine rings is 1. The second kappa shape index (κ2) is 9.03. The molecule has 1 atom stereocenters. The number of pyridine rings is 1. The van der Waals surface area contributed by atoms with Gasteiger partial charge in [0.1, 0.15) is 11.0 Å². The molecular weight excluding hydrogens is 376 g/mol. The van der Waals surface area contributed by atoms with E-state index in [9.17, 15) is 0 Å². The van der Waals surface area contributed by atoms with E-state index in [1.165, 1.54) is 18.4 Å². The van der Waals surface area contributed by atoms with E-state index in [0.717, 1.165) is 57.7 Å². The Labute approximate surface area is 171 Å². The van der Waals surface area contributed by atoms with Gasteiger partial charge in [-0.05, 0) is 37.1 Å². The molecule has 8 heteroatoms. The molecule has 0 spiro atoms. The van der Waals surface area contributed by atoms with Gasteiger partial charge in [-0.2, -0.15) is 4.98 Å². The molecule has 0 N–H and O–H groups in total. The summed E-state index contributed by atoms with van der Waals surface area (Å²) in [6, 6.07) is 6.35. The Balaban J connectivity index is 1.41. The Morgan fingerprint density at radius 3 is 2.82 bits per heavy atom. The van der Waals surface area contributed by atoms with Crippen molar-refractivity contribution in [2.24, 2.45) is 0 Å². The number of hydrogen-bond acceptors (Lipinski definition) is 7. The van der Waals surface area contributed by atoms with Crippen LogP contribution in [0, 0.1) is 0 Å². The number of likely N-dealkylation sites (tertiary alicyclic amines) is 1. The number of anilines is 2. The van der Waals surface area contributed by atoms with E-state index in [1.54, 1.807) is 0 Å². The van der Waals surface area contributed by atoms with Crippen molar-refractivity contribution in [2.75, 3.05) is 56.2 Å². The van der Waals surface area contributed by atoms with Crippen molar-refractivity contribution >= 4 is 23.4 Å². The molecular formula is C20H27ClN6O. The Bertz CT molecular complexity index is 768. The highest BCUT2D eigenvalue weighted by molar-refractivity contribution is 6.29. The van der Waals surface area contributed by atoms with Crippen LogP contribution in [0.1, 0.15) is 18.4 Å². The molecule has 7 nitrogen and oxygen atoms in total. The van der Waals surface area contributed by atoms with Gasteiger partial charge in [0.15, 0.2) is 0 Å². The first-order valence-corrected chi connectivity index (χ1v) is 10.3. The van der Waals surface area contributed by atoms with Crippen LogP contribution in [0.3, 0.4) is 0 Å². The van der Waals surface area contributed by atoms with Gasteiger partial charge in [0.2, 0.25) is 5.95 Å². The highest BCUT2D eigenvalue weighted by Gasteiger charge is 2.25. The Morgan fingerprint density at radius 1 is 1.18 bits per heavy atom. The number of piperidine rings is 1. The summed E-state index contributed by atoms with van der Waals surface area (Å²) in [5.41, 5.74) is 1.20. The second-order valence-corrected chi connectivity index (χ2v) is 7.83. The van der Waals surface area contributed by atoms with Crippen LogP contribution >= 0.6 is 11.6 Å². The third-order valence-corrected chi connectivity index (χ3v) is 5.73. The zero-order valence-corrected chi connectivity index (χ0v) is 17.1. The number of halogens is 1. The van der Waals surface area contributed by atoms with E-state index in [1.807, 2.05) is 24.5 Å². The van der Waals surface area contributed by atoms with E-state index in [0.29, 0.717) is 11.2 Å². The maximum Gasteiger partial charge on any atom is 0.227 e. The van der Waals surface area contributed by atoms with Crippen LogP contribution in [0.15, 0.2) is 30.6 Å². The monoisotopic (exact) mass is 402 g/mol. The molecule has 0 radical (unpaired) electrons. The lowest BCUT2D eigenvalue weighted by Crippen LogP contribution is -2.46. The Hall–Kier alpha value is -1.96. The van der Waals surface area contributed by atoms with E-state index in [4.69, 9.17) is 21.3 Å². The predicted molar refractivity (Wildman–Crippen MR) is 111 cm³/mol. The maximum atomic E-state index is 5.90. The molecule has 28 heavy (non-hydrogen) atoms. The van der Waals surface area contributed by atoms with Crippen LogP contribution in [-0.4, -0.2) is 72.3 Å². The Morgan fingerprint density at radius 2 is 2.04 bits per heavy atom. The summed E-state index contributed by atoms with van der Waals surface area (Å²) >= 11 is 5.90. The zero-order valence-electron chi connectivity index (χ0n) is 16.3. The van der Waals surface area contributed by atoms with Crippen LogP contribution < -0.4 is 9.80 Å². The Kier molecular flexibility index (Phi) is 6.24. The third kappa shape index (κ3) is 4.71. The van der Waals surface area contributed by atoms with Crippen molar-refractivity contribution in [3.63, 3.8) is 0 Å². The standard InChI is InChI=1S/C20H27ClN6O/c1-25(19-6-7-22-20(24-19)27-9-11-28-12-10-27)17-3-2-8-26(15-17)14-16-4-5-18(21)23-13-16/h4-7,13,17H,2-3,8-12,14-15H2,1H3. The van der Waals surface area contributed by atoms with Gasteiger partial charge >= 0.3 is 0 Å². The van der Waals surface area contributed by atoms with Crippen LogP contribution in [0.2, 0.25) is 5.15 Å². The number of nitrogens with zero attached hydrogens (tertiary/aromatic N) is 6. The predicted octanol–water partition coefficient (Wildman–Crippen LogP) is 2.46. The van der Waals surface area contributed by atoms with E-state index in [-0.39, 0.29) is 0 Å². The smallest absolute Gasteiger partial charge is 0.227 e. The van der Waals surface area contributed by atoms with E-state index in [2.05, 4.69) is 37.8 Å². The van der Waals surface area contributed by atoms with Gasteiger partial charge in [0, 0.05) is 51.7 Å². The van der Waals surface area contributed by atoms with Gasteiger partial charge in [0.25, 0.3) is 0 Å². The van der Waals surface area contributed by atoms with Gasteiger partial charge in [-0.15, -0.1) is 0 Å². The van der Waals surface area contributed by atoms with Gasteiger partial charge in [0.05, 0.1) is 13.2 Å². The van der Waals surface area contributed by atoms with Crippen LogP contribution in [0.4, 0.5) is 11.8 Å². The molecule has 2 aliphatic rings. The van der Waals surface area contributed by atoms with Crippen molar-refractivity contribution in [1.29, 1.82) is 0 Å². The van der Waals surface area contributed by atoms with Crippen molar-refractivity contribution in [3.05, 3.63) is 41.3 Å². The summed E-state index contributed by atoms with van der Waals surface area (Å²) < 4.78 is 5.44. The number of aromatic nitrogens is 3. The summed E-state index contributed by atoms with van der Waals surface area (Å²) in [5.74, 6) is 1.78. The summed E-state index contributed by atoms with van der Waals surface area (Å²) in [6.07, 6.45) is 6.08. The van der Waals surface area contributed by atoms with Crippen LogP contribution in [0.25, 0.3) is 0 Å². The first-order valence-electron chi connectivity index (χ1n) is 9.90. The van der Waals surface area contributed by atoms with Crippen LogP contribution in [-0.2, 0) is 11.3 Å². The molecule has 1 unspecified atom stereocenters. The van der Waals surface area contributed by atoms with Gasteiger partial charge in [-0.1, -0.05) is 17.7 Å². The van der Waals surface area contributed by atoms with Crippen molar-refractivity contribution in [1.82, 2.24) is 19.9 Å². The zero-order chi connectivity index (χ0) is 19.3. The first kappa shape index (κ1) is 19.4. The summed E-state index contributed by atoms with van der Waals surface area (Å²) in [7, 11) is 2.14. The maximum absolute atomic E-state index is 5.90. The molecule has 0 amide bonds. The minimum Gasteiger partial charge on any atom is -0.378 e. The fourth-order valence-corrected chi connectivity index (χ4v) is 4.00. The molecule has 2 aromatic heterocycles. The summed E-state index contributed by atoms with van der Waals surface area (Å²) in [6.45, 7) is 6.18. The quantitative estimate of drug-likeness (QED) is 0.712. The number of ether oxygens (including phenoxy) is 1. The molecule has 4 rings (SSSR count). The lowest BCUT2D eigenvalue weighted by Gasteiger charge is -2.38. The number of hydrogen-bond donors (Lipinski definition) is 0. The molecule has 0 saturated carbocycles. The lowest BCUT2D eigenvalue weighted by molar-refractivity contribution is 0.122. The van der Waals surface area contributed by atoms with Gasteiger partial charge in [-0.25, -0.2) is 9.97 Å². The first-order chi connectivity index (χ1) is 13.7. The average Bonchev–Trinajstić information content (AvgIpc) is 2.76. The van der Waals surface area contributed by atoms with Gasteiger partial charge < -0.3 is 14.5 Å². The number of rotatable bonds is 5. The summed E-state index contributed by atoms with van der Waals surface area (Å²) in [5, 5.41) is 0.542. The average molecular weight is 403 g/mol. The second-order valence-electron chi connectivity index (χ2n) is 7.45. The molecule has 0 aromatic carbocycles. The largest absolute Gasteiger partial charge is 0.378 e. The lowest BCUT2D eigenvalue weighted by atomic mass is 10.0. The molecule has 4 heterocycles. The number of likely N-dealkylation sites (N-methyl/N-ethyl adjacent to an activating group) is 1. The van der Waals surface area contributed by atoms with Crippen molar-refractivity contribution in [3.8, 4) is 0 Å². The van der Waals surface area contributed by atoms with E-state index < -0.39 is 0 Å². The normalized spacial score (nSPS) is 20.9. The van der Waals surface area contributed by atoms with E-state index >= 15 is 0 Å². The summed E-state index contributed by atoms with van der Waals surface area (Å²) in [4.78, 5) is 20.5. The minimum atomic E-state index is 0.432. The molecule has 2 aliphatic heterocycles. The minimum absolute atomic E-state index is 0.432. The molecule has 0 bridgehead atoms. The SMILES string of the molecule is CN(c1ccnc(N2CCOCC2)n1)C1CCCN(Cc2ccc(Cl)nc2)C1. The molecule has 2 fully saturated rings. The fourth-order valence-electron chi connectivity index (χ4n) is 3.89.